The highest BCUT2D eigenvalue weighted by Gasteiger charge is 2.02. The van der Waals surface area contributed by atoms with Gasteiger partial charge in [0.25, 0.3) is 0 Å². The Morgan fingerprint density at radius 3 is 1.21 bits per heavy atom. The first-order chi connectivity index (χ1) is 21.1. The fourth-order valence-corrected chi connectivity index (χ4v) is 4.78. The van der Waals surface area contributed by atoms with Crippen molar-refractivity contribution in [3.63, 3.8) is 0 Å². The lowest BCUT2D eigenvalue weighted by Gasteiger charge is -2.07. The van der Waals surface area contributed by atoms with Crippen LogP contribution in [0.25, 0.3) is 33.4 Å². The van der Waals surface area contributed by atoms with Gasteiger partial charge in [-0.2, -0.15) is 0 Å². The van der Waals surface area contributed by atoms with Gasteiger partial charge in [-0.15, -0.1) is 12.8 Å². The van der Waals surface area contributed by atoms with Gasteiger partial charge in [-0.25, -0.2) is 0 Å². The largest absolute Gasteiger partial charge is 0.494 e. The van der Waals surface area contributed by atoms with E-state index < -0.39 is 0 Å². The Kier molecular flexibility index (Phi) is 11.9. The summed E-state index contributed by atoms with van der Waals surface area (Å²) in [4.78, 5) is 0. The Hall–Kier alpha value is -4.98. The smallest absolute Gasteiger partial charge is 0.119 e. The van der Waals surface area contributed by atoms with Crippen LogP contribution in [0.15, 0.2) is 121 Å². The Morgan fingerprint density at radius 2 is 0.837 bits per heavy atom. The number of benzene rings is 5. The van der Waals surface area contributed by atoms with Gasteiger partial charge in [0.1, 0.15) is 5.75 Å². The van der Waals surface area contributed by atoms with Crippen LogP contribution in [0.4, 0.5) is 0 Å². The summed E-state index contributed by atoms with van der Waals surface area (Å²) in [7, 11) is 0. The third kappa shape index (κ3) is 9.26. The normalized spacial score (nSPS) is 10.1. The molecule has 0 spiro atoms. The maximum atomic E-state index is 5.56. The van der Waals surface area contributed by atoms with Crippen molar-refractivity contribution in [2.24, 2.45) is 0 Å². The molecule has 0 aromatic heterocycles. The van der Waals surface area contributed by atoms with E-state index in [0.29, 0.717) is 0 Å². The van der Waals surface area contributed by atoms with Gasteiger partial charge in [-0.1, -0.05) is 123 Å². The van der Waals surface area contributed by atoms with Gasteiger partial charge < -0.3 is 4.74 Å². The fraction of sp³-hybridized carbons (Fsp3) is 0.190. The lowest BCUT2D eigenvalue weighted by atomic mass is 9.98. The molecule has 0 heterocycles. The van der Waals surface area contributed by atoms with E-state index in [1.54, 1.807) is 0 Å². The Labute approximate surface area is 258 Å². The predicted molar refractivity (Wildman–Crippen MR) is 184 cm³/mol. The van der Waals surface area contributed by atoms with E-state index in [2.05, 4.69) is 98.5 Å². The van der Waals surface area contributed by atoms with Crippen molar-refractivity contribution in [2.75, 3.05) is 6.61 Å². The summed E-state index contributed by atoms with van der Waals surface area (Å²) in [6, 6.07) is 42.0. The lowest BCUT2D eigenvalue weighted by Crippen LogP contribution is -1.94. The summed E-state index contributed by atoms with van der Waals surface area (Å²) >= 11 is 0. The van der Waals surface area contributed by atoms with Crippen molar-refractivity contribution in [1.29, 1.82) is 0 Å². The van der Waals surface area contributed by atoms with E-state index in [9.17, 15) is 0 Å². The lowest BCUT2D eigenvalue weighted by molar-refractivity contribution is 0.317. The summed E-state index contributed by atoms with van der Waals surface area (Å²) in [5.41, 5.74) is 10.5. The number of hydrogen-bond acceptors (Lipinski definition) is 1. The van der Waals surface area contributed by atoms with Crippen molar-refractivity contribution in [1.82, 2.24) is 0 Å². The standard InChI is InChI=1S/C25H24.C17H16O/c1-3-5-6-7-21-10-14-23(15-11-21)25-18-16-24(17-19-25)22-12-8-20(4-2)9-13-22;1-3-13-18-17-11-9-16(10-12-17)15-7-5-14(4-2)6-8-15/h2,8-19H,3,5-7H2,1H3;2,5-12H,3,13H2,1H3. The van der Waals surface area contributed by atoms with Crippen LogP contribution in [-0.4, -0.2) is 6.61 Å². The highest BCUT2D eigenvalue weighted by Crippen LogP contribution is 2.26. The number of rotatable bonds is 10. The zero-order chi connectivity index (χ0) is 30.3. The SMILES string of the molecule is C#Cc1ccc(-c2ccc(-c3ccc(CCCCC)cc3)cc2)cc1.C#Cc1ccc(-c2ccc(OCCC)cc2)cc1. The molecular weight excluding hydrogens is 520 g/mol. The maximum Gasteiger partial charge on any atom is 0.119 e. The molecule has 5 aromatic rings. The summed E-state index contributed by atoms with van der Waals surface area (Å²) in [6.07, 6.45) is 16.8. The second kappa shape index (κ2) is 16.5. The van der Waals surface area contributed by atoms with Gasteiger partial charge >= 0.3 is 0 Å². The monoisotopic (exact) mass is 560 g/mol. The molecule has 0 aliphatic carbocycles. The van der Waals surface area contributed by atoms with Crippen LogP contribution in [0.5, 0.6) is 5.75 Å². The van der Waals surface area contributed by atoms with Crippen molar-refractivity contribution in [3.8, 4) is 63.8 Å². The molecule has 43 heavy (non-hydrogen) atoms. The minimum atomic E-state index is 0.760. The first-order valence-electron chi connectivity index (χ1n) is 15.2. The molecule has 0 aliphatic rings. The number of ether oxygens (including phenoxy) is 1. The van der Waals surface area contributed by atoms with E-state index in [1.165, 1.54) is 59.1 Å². The highest BCUT2D eigenvalue weighted by atomic mass is 16.5. The van der Waals surface area contributed by atoms with Crippen molar-refractivity contribution >= 4 is 0 Å². The molecule has 0 N–H and O–H groups in total. The minimum absolute atomic E-state index is 0.760. The van der Waals surface area contributed by atoms with E-state index in [1.807, 2.05) is 48.5 Å². The molecule has 214 valence electrons. The molecule has 0 amide bonds. The third-order valence-electron chi connectivity index (χ3n) is 7.34. The molecule has 5 aromatic carbocycles. The molecule has 0 saturated heterocycles. The molecule has 0 aliphatic heterocycles. The number of hydrogen-bond donors (Lipinski definition) is 0. The zero-order valence-corrected chi connectivity index (χ0v) is 25.4. The molecule has 0 bridgehead atoms. The first-order valence-corrected chi connectivity index (χ1v) is 15.2. The number of unbranched alkanes of at least 4 members (excludes halogenated alkanes) is 2. The average molecular weight is 561 g/mol. The quantitative estimate of drug-likeness (QED) is 0.122. The number of aryl methyl sites for hydroxylation is 1. The minimum Gasteiger partial charge on any atom is -0.494 e. The fourth-order valence-electron chi connectivity index (χ4n) is 4.78. The Balaban J connectivity index is 0.000000208. The predicted octanol–water partition coefficient (Wildman–Crippen LogP) is 10.9. The van der Waals surface area contributed by atoms with E-state index >= 15 is 0 Å². The van der Waals surface area contributed by atoms with Gasteiger partial charge in [0.2, 0.25) is 0 Å². The molecule has 0 fully saturated rings. The van der Waals surface area contributed by atoms with Gasteiger partial charge in [0.05, 0.1) is 6.61 Å². The number of terminal acetylenes is 2. The van der Waals surface area contributed by atoms with Crippen LogP contribution in [0.2, 0.25) is 0 Å². The summed E-state index contributed by atoms with van der Waals surface area (Å²) < 4.78 is 5.56. The molecule has 5 rings (SSSR count). The summed E-state index contributed by atoms with van der Waals surface area (Å²) in [5.74, 6) is 6.19. The second-order valence-corrected chi connectivity index (χ2v) is 10.5. The molecule has 1 nitrogen and oxygen atoms in total. The highest BCUT2D eigenvalue weighted by molar-refractivity contribution is 5.71. The van der Waals surface area contributed by atoms with Gasteiger partial charge in [-0.05, 0) is 94.6 Å². The third-order valence-corrected chi connectivity index (χ3v) is 7.34. The van der Waals surface area contributed by atoms with Gasteiger partial charge in [0.15, 0.2) is 0 Å². The maximum absolute atomic E-state index is 5.56. The van der Waals surface area contributed by atoms with Crippen molar-refractivity contribution in [3.05, 3.63) is 138 Å². The van der Waals surface area contributed by atoms with Crippen molar-refractivity contribution in [2.45, 2.75) is 46.0 Å². The van der Waals surface area contributed by atoms with Crippen LogP contribution in [0.3, 0.4) is 0 Å². The van der Waals surface area contributed by atoms with Crippen molar-refractivity contribution < 1.29 is 4.74 Å². The summed E-state index contributed by atoms with van der Waals surface area (Å²) in [5, 5.41) is 0. The topological polar surface area (TPSA) is 9.23 Å². The molecule has 1 heteroatoms. The van der Waals surface area contributed by atoms with E-state index in [-0.39, 0.29) is 0 Å². The van der Waals surface area contributed by atoms with Crippen LogP contribution in [-0.2, 0) is 6.42 Å². The van der Waals surface area contributed by atoms with Crippen LogP contribution in [0.1, 0.15) is 56.2 Å². The zero-order valence-electron chi connectivity index (χ0n) is 25.4. The van der Waals surface area contributed by atoms with Gasteiger partial charge in [-0.3, -0.25) is 0 Å². The van der Waals surface area contributed by atoms with E-state index in [4.69, 9.17) is 17.6 Å². The molecule has 0 atom stereocenters. The molecule has 0 radical (unpaired) electrons. The first kappa shape index (κ1) is 31.0. The summed E-state index contributed by atoms with van der Waals surface area (Å²) in [6.45, 7) is 5.11. The van der Waals surface area contributed by atoms with Crippen LogP contribution in [0, 0.1) is 24.7 Å². The Bertz CT molecular complexity index is 1610. The molecule has 0 saturated carbocycles. The van der Waals surface area contributed by atoms with Crippen LogP contribution >= 0.6 is 0 Å². The van der Waals surface area contributed by atoms with Gasteiger partial charge in [0, 0.05) is 11.1 Å². The average Bonchev–Trinajstić information content (AvgIpc) is 3.08. The van der Waals surface area contributed by atoms with E-state index in [0.717, 1.165) is 35.5 Å². The van der Waals surface area contributed by atoms with Crippen LogP contribution < -0.4 is 4.74 Å². The Morgan fingerprint density at radius 1 is 0.465 bits per heavy atom. The second-order valence-electron chi connectivity index (χ2n) is 10.5. The molecule has 0 unspecified atom stereocenters. The molecular formula is C42H40O.